The van der Waals surface area contributed by atoms with Crippen molar-refractivity contribution in [2.45, 2.75) is 64.1 Å². The lowest BCUT2D eigenvalue weighted by atomic mass is 9.99. The number of fused-ring (bicyclic) bond motifs is 1. The van der Waals surface area contributed by atoms with E-state index in [1.807, 2.05) is 12.1 Å². The third-order valence-electron chi connectivity index (χ3n) is 12.6. The quantitative estimate of drug-likeness (QED) is 0.115. The van der Waals surface area contributed by atoms with Crippen molar-refractivity contribution >= 4 is 73.9 Å². The average Bonchev–Trinajstić information content (AvgIpc) is 3.61. The summed E-state index contributed by atoms with van der Waals surface area (Å²) in [5.41, 5.74) is 6.41. The lowest BCUT2D eigenvalue weighted by molar-refractivity contribution is -0.136. The first kappa shape index (κ1) is 44.9. The molecule has 0 aliphatic carbocycles. The summed E-state index contributed by atoms with van der Waals surface area (Å²) >= 11 is 6.52. The predicted molar refractivity (Wildman–Crippen MR) is 247 cm³/mol. The number of benzene rings is 3. The number of halogens is 1. The Balaban J connectivity index is 0.842. The summed E-state index contributed by atoms with van der Waals surface area (Å²) in [4.78, 5) is 55.5. The maximum atomic E-state index is 13.1. The van der Waals surface area contributed by atoms with Crippen LogP contribution in [0.5, 0.6) is 11.5 Å². The molecular weight excluding hydrogens is 860 g/mol. The average molecular weight is 916 g/mol. The second kappa shape index (κ2) is 19.2. The molecule has 0 radical (unpaired) electrons. The van der Waals surface area contributed by atoms with E-state index in [4.69, 9.17) is 21.1 Å². The minimum atomic E-state index is -3.62. The number of piperidine rings is 2. The zero-order valence-corrected chi connectivity index (χ0v) is 38.2. The van der Waals surface area contributed by atoms with Crippen molar-refractivity contribution in [3.05, 3.63) is 82.0 Å². The number of imide groups is 1. The number of aromatic nitrogens is 2. The van der Waals surface area contributed by atoms with Gasteiger partial charge in [-0.3, -0.25) is 29.3 Å². The van der Waals surface area contributed by atoms with Crippen LogP contribution in [-0.4, -0.2) is 129 Å². The predicted octanol–water partition coefficient (Wildman–Crippen LogP) is 5.16. The van der Waals surface area contributed by atoms with Gasteiger partial charge in [0.15, 0.2) is 5.82 Å². The van der Waals surface area contributed by atoms with E-state index in [0.717, 1.165) is 94.6 Å². The molecule has 3 aromatic carbocycles. The van der Waals surface area contributed by atoms with Crippen LogP contribution in [0.25, 0.3) is 0 Å². The van der Waals surface area contributed by atoms with Crippen molar-refractivity contribution in [3.63, 3.8) is 0 Å². The van der Waals surface area contributed by atoms with Crippen molar-refractivity contribution < 1.29 is 32.3 Å². The molecule has 4 aliphatic rings. The Kier molecular flexibility index (Phi) is 13.5. The Morgan fingerprint density at radius 2 is 1.67 bits per heavy atom. The highest BCUT2D eigenvalue weighted by atomic mass is 35.5. The molecule has 5 heterocycles. The number of nitrogens with one attached hydrogen (secondary N) is 4. The molecule has 8 rings (SSSR count). The molecule has 3 saturated heterocycles. The van der Waals surface area contributed by atoms with E-state index in [0.29, 0.717) is 47.4 Å². The number of carbonyl (C=O) groups excluding carboxylic acids is 3. The van der Waals surface area contributed by atoms with E-state index < -0.39 is 16.1 Å². The molecule has 4 aromatic rings. The molecule has 17 nitrogen and oxygen atoms in total. The van der Waals surface area contributed by atoms with Crippen molar-refractivity contribution in [1.29, 1.82) is 0 Å². The van der Waals surface area contributed by atoms with E-state index in [-0.39, 0.29) is 46.6 Å². The fourth-order valence-electron chi connectivity index (χ4n) is 9.21. The van der Waals surface area contributed by atoms with E-state index in [9.17, 15) is 22.8 Å². The molecular formula is C45H55ClN10O7S. The molecule has 1 aromatic heterocycles. The normalized spacial score (nSPS) is 18.8. The van der Waals surface area contributed by atoms with Gasteiger partial charge in [0, 0.05) is 82.1 Å². The summed E-state index contributed by atoms with van der Waals surface area (Å²) in [6.07, 6.45) is 6.97. The maximum Gasteiger partial charge on any atom is 0.255 e. The van der Waals surface area contributed by atoms with Crippen LogP contribution in [0.4, 0.5) is 34.5 Å². The topological polar surface area (TPSA) is 191 Å². The first-order valence-electron chi connectivity index (χ1n) is 21.7. The lowest BCUT2D eigenvalue weighted by Gasteiger charge is -2.43. The minimum Gasteiger partial charge on any atom is -0.494 e. The fourth-order valence-corrected chi connectivity index (χ4v) is 9.93. The minimum absolute atomic E-state index is 0.139. The number of carbonyl (C=O) groups is 3. The van der Waals surface area contributed by atoms with Crippen molar-refractivity contribution in [2.24, 2.45) is 0 Å². The van der Waals surface area contributed by atoms with E-state index in [1.165, 1.54) is 18.9 Å². The van der Waals surface area contributed by atoms with E-state index in [2.05, 4.69) is 70.5 Å². The SMILES string of the molecule is CCc1cc(Nc2ncc(Cl)c(Nc3cccc(OC)c3NS(C)(=O)=O)n2)c(OC)cc1N1CCC(N2CCN(CCc3ccc4c(c3)CN(C3CCC(=O)NC3=O)C4=O)CC2)CC1. The first-order chi connectivity index (χ1) is 30.8. The highest BCUT2D eigenvalue weighted by Crippen LogP contribution is 2.39. The standard InChI is InChI=1S/C45H55ClN10O7S/c1-5-29-24-35(49-45-47-26-33(46)42(51-45)48-34-7-6-8-38(62-2)41(34)52-64(4,60)61)39(63-3)25-37(29)55-17-14-31(15-18-55)54-21-19-53(20-22-54)16-13-28-9-10-32-30(23-28)27-56(44(32)59)36-11-12-40(57)50-43(36)58/h6-10,23-26,31,36,52H,5,11-22,27H2,1-4H3,(H,50,57,58)(H2,47,48,49,51). The zero-order chi connectivity index (χ0) is 45.1. The molecule has 340 valence electrons. The number of methoxy groups -OCH3 is 2. The molecule has 0 bridgehead atoms. The monoisotopic (exact) mass is 914 g/mol. The molecule has 4 aliphatic heterocycles. The van der Waals surface area contributed by atoms with Gasteiger partial charge >= 0.3 is 0 Å². The van der Waals surface area contributed by atoms with Crippen LogP contribution in [0.2, 0.25) is 5.02 Å². The third kappa shape index (κ3) is 9.99. The van der Waals surface area contributed by atoms with Crippen molar-refractivity contribution in [3.8, 4) is 11.5 Å². The van der Waals surface area contributed by atoms with Gasteiger partial charge in [0.2, 0.25) is 27.8 Å². The van der Waals surface area contributed by atoms with Gasteiger partial charge < -0.3 is 34.8 Å². The number of sulfonamides is 1. The van der Waals surface area contributed by atoms with Crippen LogP contribution >= 0.6 is 11.6 Å². The van der Waals surface area contributed by atoms with Crippen LogP contribution in [0.1, 0.15) is 59.7 Å². The molecule has 3 amide bonds. The van der Waals surface area contributed by atoms with Crippen LogP contribution in [0.15, 0.2) is 54.7 Å². The van der Waals surface area contributed by atoms with Gasteiger partial charge in [0.25, 0.3) is 5.91 Å². The largest absolute Gasteiger partial charge is 0.494 e. The second-order valence-corrected chi connectivity index (χ2v) is 18.8. The molecule has 0 saturated carbocycles. The van der Waals surface area contributed by atoms with Gasteiger partial charge in [-0.15, -0.1) is 0 Å². The Bertz CT molecular complexity index is 2530. The van der Waals surface area contributed by atoms with Gasteiger partial charge in [-0.2, -0.15) is 4.98 Å². The van der Waals surface area contributed by atoms with Crippen LogP contribution in [0.3, 0.4) is 0 Å². The van der Waals surface area contributed by atoms with Crippen LogP contribution in [0, 0.1) is 0 Å². The van der Waals surface area contributed by atoms with Gasteiger partial charge in [0.1, 0.15) is 28.3 Å². The smallest absolute Gasteiger partial charge is 0.255 e. The van der Waals surface area contributed by atoms with Crippen LogP contribution < -0.4 is 35.0 Å². The zero-order valence-electron chi connectivity index (χ0n) is 36.6. The molecule has 1 unspecified atom stereocenters. The van der Waals surface area contributed by atoms with Crippen molar-refractivity contribution in [2.75, 3.05) is 86.5 Å². The number of aryl methyl sites for hydroxylation is 1. The molecule has 0 spiro atoms. The number of anilines is 6. The molecule has 19 heteroatoms. The summed E-state index contributed by atoms with van der Waals surface area (Å²) in [5.74, 6) is 0.689. The summed E-state index contributed by atoms with van der Waals surface area (Å²) in [7, 11) is -0.527. The Labute approximate surface area is 378 Å². The highest BCUT2D eigenvalue weighted by molar-refractivity contribution is 7.92. The number of amides is 3. The van der Waals surface area contributed by atoms with Gasteiger partial charge in [0.05, 0.1) is 38.0 Å². The number of piperazine rings is 1. The number of hydrogen-bond donors (Lipinski definition) is 4. The number of hydrogen-bond acceptors (Lipinski definition) is 14. The highest BCUT2D eigenvalue weighted by Gasteiger charge is 2.39. The summed E-state index contributed by atoms with van der Waals surface area (Å²) in [5, 5.41) is 9.04. The Morgan fingerprint density at radius 1 is 0.906 bits per heavy atom. The van der Waals surface area contributed by atoms with Gasteiger partial charge in [-0.05, 0) is 73.1 Å². The molecule has 3 fully saturated rings. The Hall–Kier alpha value is -5.69. The number of nitrogens with zero attached hydrogens (tertiary/aromatic N) is 6. The molecule has 64 heavy (non-hydrogen) atoms. The summed E-state index contributed by atoms with van der Waals surface area (Å²) < 4.78 is 38.1. The van der Waals surface area contributed by atoms with Gasteiger partial charge in [-0.25, -0.2) is 13.4 Å². The number of para-hydroxylation sites is 1. The van der Waals surface area contributed by atoms with Crippen molar-refractivity contribution in [1.82, 2.24) is 30.0 Å². The summed E-state index contributed by atoms with van der Waals surface area (Å²) in [6.45, 7) is 9.43. The number of ether oxygens (including phenoxy) is 2. The molecule has 4 N–H and O–H groups in total. The second-order valence-electron chi connectivity index (χ2n) is 16.7. The fraction of sp³-hybridized carbons (Fsp3) is 0.444. The van der Waals surface area contributed by atoms with E-state index >= 15 is 0 Å². The first-order valence-corrected chi connectivity index (χ1v) is 24.0. The van der Waals surface area contributed by atoms with Crippen LogP contribution in [-0.2, 0) is 39.0 Å². The third-order valence-corrected chi connectivity index (χ3v) is 13.4. The Morgan fingerprint density at radius 3 is 2.38 bits per heavy atom. The van der Waals surface area contributed by atoms with Gasteiger partial charge in [-0.1, -0.05) is 36.7 Å². The molecule has 1 atom stereocenters. The summed E-state index contributed by atoms with van der Waals surface area (Å²) in [6, 6.07) is 15.2. The lowest BCUT2D eigenvalue weighted by Crippen LogP contribution is -2.53. The number of rotatable bonds is 15. The maximum absolute atomic E-state index is 13.1. The van der Waals surface area contributed by atoms with E-state index in [1.54, 1.807) is 30.2 Å².